The van der Waals surface area contributed by atoms with Gasteiger partial charge in [0.2, 0.25) is 0 Å². The first-order valence-electron chi connectivity index (χ1n) is 16.6. The summed E-state index contributed by atoms with van der Waals surface area (Å²) in [5, 5.41) is 17.0. The van der Waals surface area contributed by atoms with Gasteiger partial charge < -0.3 is 25.2 Å². The van der Waals surface area contributed by atoms with Gasteiger partial charge in [-0.3, -0.25) is 9.59 Å². The molecule has 4 aromatic rings. The van der Waals surface area contributed by atoms with Crippen molar-refractivity contribution in [3.8, 4) is 11.1 Å². The van der Waals surface area contributed by atoms with Crippen molar-refractivity contribution in [3.05, 3.63) is 91.2 Å². The van der Waals surface area contributed by atoms with Gasteiger partial charge in [0.15, 0.2) is 0 Å². The molecule has 9 heteroatoms. The lowest BCUT2D eigenvalue weighted by Crippen LogP contribution is -2.39. The zero-order valence-corrected chi connectivity index (χ0v) is 23.3. The molecule has 0 bridgehead atoms. The average molecular weight is 574 g/mol. The van der Waals surface area contributed by atoms with Crippen LogP contribution in [0.25, 0.3) is 11.1 Å². The minimum atomic E-state index is -2.78. The van der Waals surface area contributed by atoms with Gasteiger partial charge in [-0.1, -0.05) is 18.2 Å². The Morgan fingerprint density at radius 3 is 2.80 bits per heavy atom. The number of benzene rings is 1. The molecule has 5 heterocycles. The third kappa shape index (κ3) is 4.58. The number of thiophene rings is 1. The second-order valence-corrected chi connectivity index (χ2v) is 11.6. The molecule has 3 aromatic heterocycles. The van der Waals surface area contributed by atoms with Crippen molar-refractivity contribution in [1.82, 2.24) is 14.9 Å². The highest BCUT2D eigenvalue weighted by molar-refractivity contribution is 7.14. The van der Waals surface area contributed by atoms with E-state index in [1.54, 1.807) is 43.7 Å². The number of rotatable bonds is 6. The summed E-state index contributed by atoms with van der Waals surface area (Å²) in [5.41, 5.74) is 3.86. The molecule has 0 radical (unpaired) electrons. The highest BCUT2D eigenvalue weighted by atomic mass is 32.1. The summed E-state index contributed by atoms with van der Waals surface area (Å²) in [6, 6.07) is 10.8. The molecular weight excluding hydrogens is 534 g/mol. The first-order valence-corrected chi connectivity index (χ1v) is 14.4. The third-order valence-corrected chi connectivity index (χ3v) is 9.25. The molecule has 1 aliphatic carbocycles. The van der Waals surface area contributed by atoms with E-state index in [9.17, 15) is 14.7 Å². The van der Waals surface area contributed by atoms with E-state index in [2.05, 4.69) is 15.6 Å². The smallest absolute Gasteiger partial charge is 0.274 e. The van der Waals surface area contributed by atoms with Gasteiger partial charge >= 0.3 is 0 Å². The summed E-state index contributed by atoms with van der Waals surface area (Å²) in [6.45, 7) is 1.58. The van der Waals surface area contributed by atoms with E-state index in [0.717, 1.165) is 30.0 Å². The van der Waals surface area contributed by atoms with Gasteiger partial charge in [0, 0.05) is 69.2 Å². The Morgan fingerprint density at radius 2 is 2.05 bits per heavy atom. The zero-order chi connectivity index (χ0) is 33.5. The lowest BCUT2D eigenvalue weighted by molar-refractivity contribution is 0.0984. The van der Waals surface area contributed by atoms with Gasteiger partial charge in [-0.2, -0.15) is 0 Å². The van der Waals surface area contributed by atoms with Crippen LogP contribution < -0.4 is 21.1 Å². The van der Waals surface area contributed by atoms with E-state index < -0.39 is 31.6 Å². The topological polar surface area (TPSA) is 99.5 Å². The summed E-state index contributed by atoms with van der Waals surface area (Å²) in [4.78, 5) is 33.8. The molecule has 0 saturated carbocycles. The monoisotopic (exact) mass is 573 g/mol. The van der Waals surface area contributed by atoms with Crippen LogP contribution >= 0.6 is 11.3 Å². The summed E-state index contributed by atoms with van der Waals surface area (Å²) in [5.74, 6) is 0.538. The maximum atomic E-state index is 14.0. The van der Waals surface area contributed by atoms with E-state index in [-0.39, 0.29) is 35.4 Å². The number of hydrogen-bond donors (Lipinski definition) is 3. The third-order valence-electron chi connectivity index (χ3n) is 8.03. The SMILES string of the molecule is [2H]C1([2H])Cc2sc3c(c2C([2H])([2H])C1([2H])[2H])CCN(c1cccc(-c2cc(Nc4ccc(C5CNC5)cn4)c(=O)n(C)c2)c1CO)C3=O. The van der Waals surface area contributed by atoms with Crippen molar-refractivity contribution >= 4 is 34.4 Å². The number of aliphatic hydroxyl groups is 1. The Hall–Kier alpha value is -3.79. The molecule has 41 heavy (non-hydrogen) atoms. The fraction of sp³-hybridized carbons (Fsp3) is 0.344. The largest absolute Gasteiger partial charge is 0.392 e. The normalized spacial score (nSPS) is 22.6. The highest BCUT2D eigenvalue weighted by Gasteiger charge is 2.33. The highest BCUT2D eigenvalue weighted by Crippen LogP contribution is 2.40. The predicted molar refractivity (Wildman–Crippen MR) is 163 cm³/mol. The Morgan fingerprint density at radius 1 is 1.17 bits per heavy atom. The second kappa shape index (κ2) is 10.6. The molecule has 8 nitrogen and oxygen atoms in total. The van der Waals surface area contributed by atoms with Crippen LogP contribution in [0.4, 0.5) is 17.2 Å². The predicted octanol–water partition coefficient (Wildman–Crippen LogP) is 4.51. The Bertz CT molecular complexity index is 1970. The number of aryl methyl sites for hydroxylation is 2. The van der Waals surface area contributed by atoms with Crippen LogP contribution in [0.1, 0.15) is 63.7 Å². The summed E-state index contributed by atoms with van der Waals surface area (Å²) in [6.07, 6.45) is -4.45. The van der Waals surface area contributed by atoms with Crippen LogP contribution in [0.3, 0.4) is 0 Å². The number of nitrogens with one attached hydrogen (secondary N) is 2. The molecule has 0 atom stereocenters. The summed E-state index contributed by atoms with van der Waals surface area (Å²) >= 11 is 1.02. The second-order valence-electron chi connectivity index (χ2n) is 10.5. The molecule has 3 aliphatic rings. The van der Waals surface area contributed by atoms with Crippen LogP contribution in [-0.4, -0.2) is 40.2 Å². The summed E-state index contributed by atoms with van der Waals surface area (Å²) < 4.78 is 51.8. The Labute approximate surface area is 251 Å². The van der Waals surface area contributed by atoms with Crippen molar-refractivity contribution in [2.45, 2.75) is 44.5 Å². The molecule has 3 N–H and O–H groups in total. The Kier molecular flexibility index (Phi) is 5.19. The maximum Gasteiger partial charge on any atom is 0.274 e. The van der Waals surface area contributed by atoms with Crippen molar-refractivity contribution in [1.29, 1.82) is 0 Å². The average Bonchev–Trinajstić information content (AvgIpc) is 3.37. The minimum absolute atomic E-state index is 0.0937. The fourth-order valence-corrected chi connectivity index (χ4v) is 6.89. The molecule has 1 saturated heterocycles. The number of carbonyl (C=O) groups excluding carboxylic acids is 1. The maximum absolute atomic E-state index is 14.0. The van der Waals surface area contributed by atoms with E-state index in [1.807, 2.05) is 12.1 Å². The van der Waals surface area contributed by atoms with Crippen LogP contribution in [0, 0.1) is 0 Å². The van der Waals surface area contributed by atoms with E-state index in [4.69, 9.17) is 8.22 Å². The zero-order valence-electron chi connectivity index (χ0n) is 28.5. The van der Waals surface area contributed by atoms with Gasteiger partial charge in [0.1, 0.15) is 11.5 Å². The van der Waals surface area contributed by atoms with E-state index in [0.29, 0.717) is 50.2 Å². The van der Waals surface area contributed by atoms with Crippen LogP contribution in [0.5, 0.6) is 0 Å². The molecule has 1 fully saturated rings. The van der Waals surface area contributed by atoms with Gasteiger partial charge in [-0.15, -0.1) is 11.3 Å². The lowest BCUT2D eigenvalue weighted by atomic mass is 9.91. The van der Waals surface area contributed by atoms with Crippen molar-refractivity contribution in [3.63, 3.8) is 0 Å². The lowest BCUT2D eigenvalue weighted by Gasteiger charge is -2.30. The van der Waals surface area contributed by atoms with E-state index in [1.165, 1.54) is 9.47 Å². The minimum Gasteiger partial charge on any atom is -0.392 e. The van der Waals surface area contributed by atoms with Gasteiger partial charge in [-0.25, -0.2) is 4.98 Å². The van der Waals surface area contributed by atoms with Crippen molar-refractivity contribution < 1.29 is 18.1 Å². The quantitative estimate of drug-likeness (QED) is 0.314. The first-order chi connectivity index (χ1) is 22.2. The number of nitrogens with zero attached hydrogens (tertiary/aromatic N) is 3. The van der Waals surface area contributed by atoms with Crippen molar-refractivity contribution in [2.24, 2.45) is 7.05 Å². The van der Waals surface area contributed by atoms with Crippen molar-refractivity contribution in [2.75, 3.05) is 29.9 Å². The molecule has 1 aromatic carbocycles. The number of aromatic nitrogens is 2. The van der Waals surface area contributed by atoms with Crippen LogP contribution in [0.2, 0.25) is 0 Å². The molecule has 2 aliphatic heterocycles. The van der Waals surface area contributed by atoms with Gasteiger partial charge in [-0.05, 0) is 72.4 Å². The summed E-state index contributed by atoms with van der Waals surface area (Å²) in [7, 11) is 1.64. The molecule has 210 valence electrons. The number of anilines is 3. The number of carbonyl (C=O) groups is 1. The van der Waals surface area contributed by atoms with Gasteiger partial charge in [0.25, 0.3) is 11.5 Å². The molecule has 0 unspecified atom stereocenters. The molecule has 0 spiro atoms. The number of fused-ring (bicyclic) bond motifs is 3. The first kappa shape index (κ1) is 20.1. The van der Waals surface area contributed by atoms with Gasteiger partial charge in [0.05, 0.1) is 17.2 Å². The molecular formula is C32H33N5O3S. The van der Waals surface area contributed by atoms with E-state index >= 15 is 0 Å². The van der Waals surface area contributed by atoms with Crippen LogP contribution in [-0.2, 0) is 32.9 Å². The fourth-order valence-electron chi connectivity index (χ4n) is 5.70. The Balaban J connectivity index is 1.23. The number of hydrogen-bond acceptors (Lipinski definition) is 7. The standard InChI is InChI=1S/C32H33N5O3S/c1-36-17-20(13-26(31(36)39)35-29-10-9-19(16-34-29)21-14-33-15-21)22-6-4-7-27(25(22)18-38)37-12-11-24-23-5-2-3-8-28(23)41-30(24)32(37)40/h4,6-7,9-10,13,16-17,21,33,38H,2-3,5,8,11-12,14-15,18H2,1H3,(H,34,35)/i2D2,3D2,5D2. The molecule has 1 amide bonds. The van der Waals surface area contributed by atoms with Crippen LogP contribution in [0.15, 0.2) is 53.6 Å². The number of pyridine rings is 2. The number of amides is 1. The molecule has 7 rings (SSSR count). The number of aliphatic hydroxyl groups excluding tert-OH is 1.